The molecule has 4 rings (SSSR count). The quantitative estimate of drug-likeness (QED) is 0.514. The molecule has 0 saturated carbocycles. The highest BCUT2D eigenvalue weighted by Crippen LogP contribution is 2.23. The van der Waals surface area contributed by atoms with Crippen LogP contribution in [-0.2, 0) is 19.6 Å². The monoisotopic (exact) mass is 468 g/mol. The van der Waals surface area contributed by atoms with Crippen molar-refractivity contribution in [2.75, 3.05) is 18.4 Å². The molecule has 1 atom stereocenters. The van der Waals surface area contributed by atoms with E-state index in [9.17, 15) is 18.0 Å². The Morgan fingerprint density at radius 3 is 2.39 bits per heavy atom. The van der Waals surface area contributed by atoms with Gasteiger partial charge in [-0.2, -0.15) is 9.40 Å². The van der Waals surface area contributed by atoms with Crippen LogP contribution in [0.3, 0.4) is 0 Å². The van der Waals surface area contributed by atoms with Crippen LogP contribution in [0.4, 0.5) is 5.69 Å². The summed E-state index contributed by atoms with van der Waals surface area (Å²) in [6.45, 7) is 2.50. The summed E-state index contributed by atoms with van der Waals surface area (Å²) < 4.78 is 32.0. The number of rotatable bonds is 7. The first kappa shape index (κ1) is 22.7. The normalized spacial score (nSPS) is 15.2. The molecule has 1 aliphatic rings. The average Bonchev–Trinajstić information content (AvgIpc) is 3.53. The number of amides is 1. The summed E-state index contributed by atoms with van der Waals surface area (Å²) in [5, 5.41) is 9.33. The molecule has 2 heterocycles. The van der Waals surface area contributed by atoms with Gasteiger partial charge >= 0.3 is 5.97 Å². The number of ether oxygens (including phenoxy) is 1. The van der Waals surface area contributed by atoms with Gasteiger partial charge in [-0.25, -0.2) is 13.2 Å². The van der Waals surface area contributed by atoms with Gasteiger partial charge in [0, 0.05) is 24.3 Å². The highest BCUT2D eigenvalue weighted by Gasteiger charge is 2.27. The van der Waals surface area contributed by atoms with Gasteiger partial charge < -0.3 is 10.1 Å². The van der Waals surface area contributed by atoms with Gasteiger partial charge in [0.25, 0.3) is 5.91 Å². The van der Waals surface area contributed by atoms with E-state index in [1.54, 1.807) is 0 Å². The van der Waals surface area contributed by atoms with Crippen LogP contribution in [0.15, 0.2) is 65.7 Å². The van der Waals surface area contributed by atoms with Crippen LogP contribution in [0, 0.1) is 0 Å². The van der Waals surface area contributed by atoms with Gasteiger partial charge in [-0.15, -0.1) is 0 Å². The molecule has 10 heteroatoms. The summed E-state index contributed by atoms with van der Waals surface area (Å²) in [7, 11) is -3.53. The zero-order valence-corrected chi connectivity index (χ0v) is 18.8. The maximum atomic E-state index is 12.6. The van der Waals surface area contributed by atoms with Crippen LogP contribution >= 0.6 is 0 Å². The molecule has 9 nitrogen and oxygen atoms in total. The first-order valence-corrected chi connectivity index (χ1v) is 12.0. The number of aromatic amines is 1. The smallest absolute Gasteiger partial charge is 0.342 e. The molecule has 1 aromatic heterocycles. The van der Waals surface area contributed by atoms with Crippen molar-refractivity contribution in [2.45, 2.75) is 30.8 Å². The summed E-state index contributed by atoms with van der Waals surface area (Å²) in [4.78, 5) is 25.3. The van der Waals surface area contributed by atoms with Crippen molar-refractivity contribution < 1.29 is 22.7 Å². The largest absolute Gasteiger partial charge is 0.449 e. The first-order chi connectivity index (χ1) is 15.9. The number of H-pyrrole nitrogens is 1. The number of carbonyl (C=O) groups is 2. The van der Waals surface area contributed by atoms with Crippen molar-refractivity contribution in [3.63, 3.8) is 0 Å². The summed E-state index contributed by atoms with van der Waals surface area (Å²) in [5.41, 5.74) is 1.89. The van der Waals surface area contributed by atoms with Crippen molar-refractivity contribution >= 4 is 27.6 Å². The fraction of sp³-hybridized carbons (Fsp3) is 0.261. The molecule has 1 amide bonds. The van der Waals surface area contributed by atoms with Crippen LogP contribution in [0.25, 0.3) is 11.3 Å². The minimum absolute atomic E-state index is 0.176. The second kappa shape index (κ2) is 9.55. The molecule has 3 aromatic rings. The number of sulfonamides is 1. The van der Waals surface area contributed by atoms with Gasteiger partial charge in [0.2, 0.25) is 10.0 Å². The van der Waals surface area contributed by atoms with E-state index in [-0.39, 0.29) is 10.5 Å². The Hall–Kier alpha value is -3.50. The fourth-order valence-electron chi connectivity index (χ4n) is 3.58. The van der Waals surface area contributed by atoms with Crippen LogP contribution in [0.2, 0.25) is 0 Å². The number of hydrogen-bond acceptors (Lipinski definition) is 6. The first-order valence-electron chi connectivity index (χ1n) is 10.6. The number of aromatic nitrogens is 2. The van der Waals surface area contributed by atoms with E-state index in [1.165, 1.54) is 41.7 Å². The van der Waals surface area contributed by atoms with Crippen LogP contribution in [-0.4, -0.2) is 54.0 Å². The topological polar surface area (TPSA) is 121 Å². The van der Waals surface area contributed by atoms with Crippen molar-refractivity contribution in [3.8, 4) is 11.3 Å². The molecule has 1 saturated heterocycles. The summed E-state index contributed by atoms with van der Waals surface area (Å²) in [5.74, 6) is -1.22. The molecule has 172 valence electrons. The SMILES string of the molecule is CC(OC(=O)c1cn[nH]c1-c1ccccc1)C(=O)Nc1ccc(S(=O)(=O)N2CCCC2)cc1. The zero-order chi connectivity index (χ0) is 23.4. The number of nitrogens with one attached hydrogen (secondary N) is 2. The van der Waals surface area contributed by atoms with Gasteiger partial charge in [-0.05, 0) is 44.0 Å². The zero-order valence-electron chi connectivity index (χ0n) is 18.0. The summed E-state index contributed by atoms with van der Waals surface area (Å²) in [6.07, 6.45) is 1.99. The predicted molar refractivity (Wildman–Crippen MR) is 122 cm³/mol. The summed E-state index contributed by atoms with van der Waals surface area (Å²) >= 11 is 0. The van der Waals surface area contributed by atoms with E-state index in [4.69, 9.17) is 4.74 Å². The Bertz CT molecular complexity index is 1230. The Morgan fingerprint density at radius 2 is 1.73 bits per heavy atom. The number of anilines is 1. The minimum atomic E-state index is -3.53. The standard InChI is InChI=1S/C23H24N4O5S/c1-16(32-23(29)20-15-24-26-21(20)17-7-3-2-4-8-17)22(28)25-18-9-11-19(12-10-18)33(30,31)27-13-5-6-14-27/h2-4,7-12,15-16H,5-6,13-14H2,1H3,(H,24,26)(H,25,28). The van der Waals surface area contributed by atoms with E-state index >= 15 is 0 Å². The molecule has 0 bridgehead atoms. The van der Waals surface area contributed by atoms with Crippen molar-refractivity contribution in [3.05, 3.63) is 66.4 Å². The minimum Gasteiger partial charge on any atom is -0.449 e. The Morgan fingerprint density at radius 1 is 1.06 bits per heavy atom. The van der Waals surface area contributed by atoms with Gasteiger partial charge in [-0.1, -0.05) is 30.3 Å². The third kappa shape index (κ3) is 4.96. The Kier molecular flexibility index (Phi) is 6.57. The van der Waals surface area contributed by atoms with Gasteiger partial charge in [0.1, 0.15) is 5.56 Å². The molecule has 1 fully saturated rings. The second-order valence-corrected chi connectivity index (χ2v) is 9.63. The fourth-order valence-corrected chi connectivity index (χ4v) is 5.09. The maximum Gasteiger partial charge on any atom is 0.342 e. The van der Waals surface area contributed by atoms with E-state index in [2.05, 4.69) is 15.5 Å². The lowest BCUT2D eigenvalue weighted by Crippen LogP contribution is -2.30. The average molecular weight is 469 g/mol. The molecule has 33 heavy (non-hydrogen) atoms. The van der Waals surface area contributed by atoms with Gasteiger partial charge in [0.05, 0.1) is 16.8 Å². The number of hydrogen-bond donors (Lipinski definition) is 2. The molecular weight excluding hydrogens is 444 g/mol. The number of benzene rings is 2. The van der Waals surface area contributed by atoms with Crippen molar-refractivity contribution in [2.24, 2.45) is 0 Å². The number of esters is 1. The van der Waals surface area contributed by atoms with E-state index in [1.807, 2.05) is 30.3 Å². The Balaban J connectivity index is 1.38. The third-order valence-electron chi connectivity index (χ3n) is 5.40. The molecule has 0 spiro atoms. The lowest BCUT2D eigenvalue weighted by molar-refractivity contribution is -0.123. The van der Waals surface area contributed by atoms with Crippen molar-refractivity contribution in [1.82, 2.24) is 14.5 Å². The summed E-state index contributed by atoms with van der Waals surface area (Å²) in [6, 6.07) is 15.1. The third-order valence-corrected chi connectivity index (χ3v) is 7.31. The van der Waals surface area contributed by atoms with Crippen LogP contribution < -0.4 is 5.32 Å². The van der Waals surface area contributed by atoms with Crippen LogP contribution in [0.1, 0.15) is 30.1 Å². The molecule has 0 aliphatic carbocycles. The van der Waals surface area contributed by atoms with E-state index in [0.717, 1.165) is 18.4 Å². The highest BCUT2D eigenvalue weighted by atomic mass is 32.2. The maximum absolute atomic E-state index is 12.6. The molecule has 2 aromatic carbocycles. The molecule has 1 unspecified atom stereocenters. The second-order valence-electron chi connectivity index (χ2n) is 7.70. The van der Waals surface area contributed by atoms with E-state index < -0.39 is 28.0 Å². The van der Waals surface area contributed by atoms with Crippen molar-refractivity contribution in [1.29, 1.82) is 0 Å². The molecular formula is C23H24N4O5S. The lowest BCUT2D eigenvalue weighted by atomic mass is 10.1. The van der Waals surface area contributed by atoms with Gasteiger partial charge in [-0.3, -0.25) is 9.89 Å². The highest BCUT2D eigenvalue weighted by molar-refractivity contribution is 7.89. The number of nitrogens with zero attached hydrogens (tertiary/aromatic N) is 2. The molecule has 1 aliphatic heterocycles. The van der Waals surface area contributed by atoms with Gasteiger partial charge in [0.15, 0.2) is 6.10 Å². The molecule has 0 radical (unpaired) electrons. The molecule has 2 N–H and O–H groups in total. The Labute approximate surface area is 191 Å². The lowest BCUT2D eigenvalue weighted by Gasteiger charge is -2.16. The predicted octanol–water partition coefficient (Wildman–Crippen LogP) is 3.05. The van der Waals surface area contributed by atoms with E-state index in [0.29, 0.717) is 24.5 Å². The van der Waals surface area contributed by atoms with Crippen LogP contribution in [0.5, 0.6) is 0 Å². The number of carbonyl (C=O) groups excluding carboxylic acids is 2.